The number of hydrogen-bond acceptors (Lipinski definition) is 4. The Morgan fingerprint density at radius 2 is 1.78 bits per heavy atom. The zero-order chi connectivity index (χ0) is 22.8. The van der Waals surface area contributed by atoms with E-state index in [0.29, 0.717) is 57.2 Å². The number of amides is 1. The summed E-state index contributed by atoms with van der Waals surface area (Å²) >= 11 is 17.3. The van der Waals surface area contributed by atoms with Crippen LogP contribution < -0.4 is 5.56 Å². The zero-order valence-electron chi connectivity index (χ0n) is 17.1. The monoisotopic (exact) mass is 489 g/mol. The molecule has 32 heavy (non-hydrogen) atoms. The van der Waals surface area contributed by atoms with Gasteiger partial charge < -0.3 is 9.88 Å². The molecule has 0 unspecified atom stereocenters. The fourth-order valence-electron chi connectivity index (χ4n) is 4.04. The summed E-state index contributed by atoms with van der Waals surface area (Å²) in [7, 11) is 0. The molecule has 0 radical (unpaired) electrons. The average Bonchev–Trinajstić information content (AvgIpc) is 2.80. The zero-order valence-corrected chi connectivity index (χ0v) is 19.5. The first-order chi connectivity index (χ1) is 15.3. The molecular weight excluding hydrogens is 469 g/mol. The van der Waals surface area contributed by atoms with Crippen molar-refractivity contribution in [2.45, 2.75) is 25.8 Å². The number of carbonyl (C=O) groups is 2. The second kappa shape index (κ2) is 9.57. The van der Waals surface area contributed by atoms with Gasteiger partial charge in [-0.3, -0.25) is 19.0 Å². The fraction of sp³-hybridized carbons (Fsp3) is 0.304. The van der Waals surface area contributed by atoms with E-state index in [0.717, 1.165) is 0 Å². The highest BCUT2D eigenvalue weighted by Crippen LogP contribution is 2.27. The van der Waals surface area contributed by atoms with Gasteiger partial charge in [0.2, 0.25) is 5.91 Å². The number of halogens is 2. The highest BCUT2D eigenvalue weighted by atomic mass is 35.5. The Hall–Kier alpha value is -2.48. The van der Waals surface area contributed by atoms with Gasteiger partial charge in [0, 0.05) is 37.5 Å². The van der Waals surface area contributed by atoms with Crippen molar-refractivity contribution in [3.05, 3.63) is 73.2 Å². The predicted molar refractivity (Wildman–Crippen MR) is 128 cm³/mol. The quantitative estimate of drug-likeness (QED) is 0.409. The molecule has 166 valence electrons. The second-order valence-electron chi connectivity index (χ2n) is 7.83. The van der Waals surface area contributed by atoms with Gasteiger partial charge in [-0.15, -0.1) is 0 Å². The number of nitrogens with one attached hydrogen (secondary N) is 1. The maximum absolute atomic E-state index is 12.8. The summed E-state index contributed by atoms with van der Waals surface area (Å²) in [6.45, 7) is 1.20. The van der Waals surface area contributed by atoms with E-state index in [4.69, 9.17) is 35.4 Å². The Bertz CT molecular complexity index is 1310. The van der Waals surface area contributed by atoms with Crippen LogP contribution in [-0.4, -0.2) is 39.2 Å². The molecule has 1 aromatic heterocycles. The molecule has 1 amide bonds. The lowest BCUT2D eigenvalue weighted by Crippen LogP contribution is -2.41. The molecule has 2 heterocycles. The molecule has 0 aliphatic carbocycles. The topological polar surface area (TPSA) is 75.2 Å². The van der Waals surface area contributed by atoms with Gasteiger partial charge in [-0.25, -0.2) is 0 Å². The van der Waals surface area contributed by atoms with E-state index < -0.39 is 0 Å². The molecule has 1 aliphatic heterocycles. The van der Waals surface area contributed by atoms with Crippen LogP contribution >= 0.6 is 35.4 Å². The Labute approximate surface area is 199 Å². The van der Waals surface area contributed by atoms with Gasteiger partial charge in [0.05, 0.1) is 20.9 Å². The number of hydrogen-bond donors (Lipinski definition) is 1. The molecule has 0 spiro atoms. The van der Waals surface area contributed by atoms with E-state index >= 15 is 0 Å². The van der Waals surface area contributed by atoms with E-state index in [9.17, 15) is 14.4 Å². The van der Waals surface area contributed by atoms with Crippen LogP contribution in [0.25, 0.3) is 10.9 Å². The minimum Gasteiger partial charge on any atom is -0.343 e. The van der Waals surface area contributed by atoms with Crippen molar-refractivity contribution in [1.29, 1.82) is 0 Å². The molecule has 1 aliphatic rings. The van der Waals surface area contributed by atoms with Gasteiger partial charge in [0.25, 0.3) is 5.56 Å². The van der Waals surface area contributed by atoms with Crippen molar-refractivity contribution < 1.29 is 9.59 Å². The number of benzene rings is 2. The standard InChI is InChI=1S/C23H21Cl2N3O3S/c24-17-6-5-15(13-18(17)25)21(30)14-7-10-27(11-8-14)20(29)9-12-28-22(31)16-3-1-2-4-19(16)26-23(28)32/h1-6,13-14H,7-12H2,(H,26,32). The van der Waals surface area contributed by atoms with Crippen LogP contribution in [0.4, 0.5) is 0 Å². The van der Waals surface area contributed by atoms with Crippen molar-refractivity contribution in [3.8, 4) is 0 Å². The highest BCUT2D eigenvalue weighted by Gasteiger charge is 2.28. The Balaban J connectivity index is 1.37. The third-order valence-corrected chi connectivity index (χ3v) is 6.92. The average molecular weight is 490 g/mol. The normalized spacial score (nSPS) is 14.6. The third-order valence-electron chi connectivity index (χ3n) is 5.86. The van der Waals surface area contributed by atoms with Crippen LogP contribution in [0, 0.1) is 10.7 Å². The Morgan fingerprint density at radius 1 is 1.06 bits per heavy atom. The molecule has 0 bridgehead atoms. The molecule has 1 fully saturated rings. The number of nitrogens with zero attached hydrogens (tertiary/aromatic N) is 2. The number of H-pyrrole nitrogens is 1. The van der Waals surface area contributed by atoms with E-state index in [1.54, 1.807) is 41.3 Å². The summed E-state index contributed by atoms with van der Waals surface area (Å²) in [5.41, 5.74) is 1.01. The number of carbonyl (C=O) groups excluding carboxylic acids is 2. The summed E-state index contributed by atoms with van der Waals surface area (Å²) in [5, 5.41) is 1.30. The van der Waals surface area contributed by atoms with E-state index in [2.05, 4.69) is 4.98 Å². The summed E-state index contributed by atoms with van der Waals surface area (Å²) in [6, 6.07) is 12.0. The largest absolute Gasteiger partial charge is 0.343 e. The van der Waals surface area contributed by atoms with Gasteiger partial charge in [-0.2, -0.15) is 0 Å². The number of para-hydroxylation sites is 1. The van der Waals surface area contributed by atoms with E-state index in [-0.39, 0.29) is 36.1 Å². The number of aromatic amines is 1. The van der Waals surface area contributed by atoms with Crippen molar-refractivity contribution in [1.82, 2.24) is 14.5 Å². The molecule has 4 rings (SSSR count). The first-order valence-electron chi connectivity index (χ1n) is 10.3. The van der Waals surface area contributed by atoms with Crippen LogP contribution in [0.1, 0.15) is 29.6 Å². The maximum Gasteiger partial charge on any atom is 0.262 e. The molecule has 3 aromatic rings. The minimum absolute atomic E-state index is 0.0182. The Kier molecular flexibility index (Phi) is 6.79. The van der Waals surface area contributed by atoms with Crippen LogP contribution in [-0.2, 0) is 11.3 Å². The highest BCUT2D eigenvalue weighted by molar-refractivity contribution is 7.71. The molecule has 0 atom stereocenters. The van der Waals surface area contributed by atoms with Crippen molar-refractivity contribution in [3.63, 3.8) is 0 Å². The molecule has 1 N–H and O–H groups in total. The molecule has 9 heteroatoms. The van der Waals surface area contributed by atoms with Crippen LogP contribution in [0.3, 0.4) is 0 Å². The van der Waals surface area contributed by atoms with Crippen LogP contribution in [0.2, 0.25) is 10.0 Å². The molecule has 0 saturated carbocycles. The van der Waals surface area contributed by atoms with Crippen molar-refractivity contribution in [2.24, 2.45) is 5.92 Å². The molecule has 6 nitrogen and oxygen atoms in total. The second-order valence-corrected chi connectivity index (χ2v) is 9.03. The van der Waals surface area contributed by atoms with Gasteiger partial charge in [-0.05, 0) is 55.4 Å². The number of fused-ring (bicyclic) bond motifs is 1. The molecule has 1 saturated heterocycles. The smallest absolute Gasteiger partial charge is 0.262 e. The van der Waals surface area contributed by atoms with Crippen molar-refractivity contribution in [2.75, 3.05) is 13.1 Å². The number of piperidine rings is 1. The maximum atomic E-state index is 12.8. The summed E-state index contributed by atoms with van der Waals surface area (Å²) in [4.78, 5) is 43.0. The number of aromatic nitrogens is 2. The fourth-order valence-corrected chi connectivity index (χ4v) is 4.63. The number of ketones is 1. The number of Topliss-reactive ketones (excluding diaryl/α,β-unsaturated/α-hetero) is 1. The molecule has 2 aromatic carbocycles. The van der Waals surface area contributed by atoms with Crippen molar-refractivity contribution >= 4 is 58.0 Å². The number of rotatable bonds is 5. The van der Waals surface area contributed by atoms with Crippen LogP contribution in [0.15, 0.2) is 47.3 Å². The van der Waals surface area contributed by atoms with Gasteiger partial charge in [-0.1, -0.05) is 35.3 Å². The van der Waals surface area contributed by atoms with E-state index in [1.807, 2.05) is 6.07 Å². The van der Waals surface area contributed by atoms with Gasteiger partial charge in [0.1, 0.15) is 0 Å². The van der Waals surface area contributed by atoms with Gasteiger partial charge in [0.15, 0.2) is 10.6 Å². The summed E-state index contributed by atoms with van der Waals surface area (Å²) < 4.78 is 1.73. The Morgan fingerprint density at radius 3 is 2.50 bits per heavy atom. The summed E-state index contributed by atoms with van der Waals surface area (Å²) in [6.07, 6.45) is 1.34. The third kappa shape index (κ3) is 4.65. The number of likely N-dealkylation sites (tertiary alicyclic amines) is 1. The van der Waals surface area contributed by atoms with Crippen LogP contribution in [0.5, 0.6) is 0 Å². The summed E-state index contributed by atoms with van der Waals surface area (Å²) in [5.74, 6) is -0.196. The van der Waals surface area contributed by atoms with Gasteiger partial charge >= 0.3 is 0 Å². The molecular formula is C23H21Cl2N3O3S. The lowest BCUT2D eigenvalue weighted by molar-refractivity contribution is -0.132. The first kappa shape index (κ1) is 22.7. The lowest BCUT2D eigenvalue weighted by Gasteiger charge is -2.31. The predicted octanol–water partition coefficient (Wildman–Crippen LogP) is 4.88. The minimum atomic E-state index is -0.205. The lowest BCUT2D eigenvalue weighted by atomic mass is 9.89. The SMILES string of the molecule is O=C(c1ccc(Cl)c(Cl)c1)C1CCN(C(=O)CCn2c(=S)[nH]c3ccccc3c2=O)CC1. The first-order valence-corrected chi connectivity index (χ1v) is 11.5. The van der Waals surface area contributed by atoms with E-state index in [1.165, 1.54) is 4.57 Å².